The van der Waals surface area contributed by atoms with Crippen LogP contribution in [0, 0.1) is 20.8 Å². The number of aryl methyl sites for hydroxylation is 3. The molecule has 0 spiro atoms. The van der Waals surface area contributed by atoms with Gasteiger partial charge in [0.05, 0.1) is 12.0 Å². The molecule has 0 aromatic heterocycles. The second-order valence-electron chi connectivity index (χ2n) is 3.32. The smallest absolute Gasteiger partial charge is 0.270 e. The molecule has 0 atom stereocenters. The fraction of sp³-hybridized carbons (Fsp3) is 0.400. The highest BCUT2D eigenvalue weighted by Crippen LogP contribution is 2.21. The van der Waals surface area contributed by atoms with Crippen molar-refractivity contribution >= 4 is 10.1 Å². The van der Waals surface area contributed by atoms with Gasteiger partial charge in [-0.25, -0.2) is 0 Å². The summed E-state index contributed by atoms with van der Waals surface area (Å²) < 4.78 is 27.4. The Bertz CT molecular complexity index is 447. The summed E-state index contributed by atoms with van der Waals surface area (Å²) in [5, 5.41) is 0. The zero-order valence-electron chi connectivity index (χ0n) is 8.79. The van der Waals surface area contributed by atoms with Gasteiger partial charge in [-0.1, -0.05) is 6.07 Å². The Hall–Kier alpha value is -0.870. The Morgan fingerprint density at radius 1 is 1.00 bits per heavy atom. The predicted octanol–water partition coefficient (Wildman–Crippen LogP) is 1.95. The van der Waals surface area contributed by atoms with Crippen LogP contribution < -0.4 is 0 Å². The summed E-state index contributed by atoms with van der Waals surface area (Å²) in [4.78, 5) is 0.253. The van der Waals surface area contributed by atoms with Crippen LogP contribution in [0.2, 0.25) is 0 Å². The van der Waals surface area contributed by atoms with Crippen molar-refractivity contribution in [3.63, 3.8) is 0 Å². The molecular formula is C10H14O3S. The van der Waals surface area contributed by atoms with Gasteiger partial charge in [0.25, 0.3) is 10.1 Å². The van der Waals surface area contributed by atoms with Gasteiger partial charge >= 0.3 is 0 Å². The van der Waals surface area contributed by atoms with Gasteiger partial charge in [-0.05, 0) is 43.5 Å². The number of benzene rings is 1. The van der Waals surface area contributed by atoms with Crippen LogP contribution in [0.25, 0.3) is 0 Å². The maximum Gasteiger partial charge on any atom is 0.296 e. The first-order valence-corrected chi connectivity index (χ1v) is 5.68. The fourth-order valence-corrected chi connectivity index (χ4v) is 2.25. The lowest BCUT2D eigenvalue weighted by molar-refractivity contribution is 0.397. The van der Waals surface area contributed by atoms with Crippen LogP contribution in [0.15, 0.2) is 17.0 Å². The summed E-state index contributed by atoms with van der Waals surface area (Å²) in [7, 11) is -2.40. The van der Waals surface area contributed by atoms with Gasteiger partial charge in [-0.2, -0.15) is 8.42 Å². The van der Waals surface area contributed by atoms with E-state index in [0.717, 1.165) is 16.7 Å². The Morgan fingerprint density at radius 2 is 1.50 bits per heavy atom. The topological polar surface area (TPSA) is 43.4 Å². The Labute approximate surface area is 84.8 Å². The first-order chi connectivity index (χ1) is 6.38. The molecule has 4 heteroatoms. The molecule has 78 valence electrons. The van der Waals surface area contributed by atoms with E-state index in [-0.39, 0.29) is 4.90 Å². The molecule has 14 heavy (non-hydrogen) atoms. The van der Waals surface area contributed by atoms with E-state index in [0.29, 0.717) is 0 Å². The first kappa shape index (κ1) is 11.2. The molecular weight excluding hydrogens is 200 g/mol. The van der Waals surface area contributed by atoms with Gasteiger partial charge in [-0.15, -0.1) is 0 Å². The molecule has 1 rings (SSSR count). The molecule has 0 saturated heterocycles. The molecule has 0 radical (unpaired) electrons. The van der Waals surface area contributed by atoms with E-state index in [1.54, 1.807) is 13.0 Å². The monoisotopic (exact) mass is 214 g/mol. The summed E-state index contributed by atoms with van der Waals surface area (Å²) in [6.45, 7) is 5.59. The van der Waals surface area contributed by atoms with E-state index < -0.39 is 10.1 Å². The maximum atomic E-state index is 11.5. The number of hydrogen-bond donors (Lipinski definition) is 0. The normalized spacial score (nSPS) is 11.7. The summed E-state index contributed by atoms with van der Waals surface area (Å²) in [5.74, 6) is 0. The molecule has 0 heterocycles. The lowest BCUT2D eigenvalue weighted by Crippen LogP contribution is -2.05. The van der Waals surface area contributed by atoms with Crippen LogP contribution in [0.3, 0.4) is 0 Å². The maximum absolute atomic E-state index is 11.5. The second kappa shape index (κ2) is 3.71. The van der Waals surface area contributed by atoms with Crippen molar-refractivity contribution in [2.24, 2.45) is 0 Å². The first-order valence-electron chi connectivity index (χ1n) is 4.27. The third-order valence-electron chi connectivity index (χ3n) is 2.28. The van der Waals surface area contributed by atoms with Gasteiger partial charge in [0, 0.05) is 0 Å². The van der Waals surface area contributed by atoms with E-state index >= 15 is 0 Å². The quantitative estimate of drug-likeness (QED) is 0.707. The van der Waals surface area contributed by atoms with Gasteiger partial charge in [-0.3, -0.25) is 4.18 Å². The minimum absolute atomic E-state index is 0.253. The van der Waals surface area contributed by atoms with Crippen LogP contribution in [-0.4, -0.2) is 15.5 Å². The Kier molecular flexibility index (Phi) is 2.97. The van der Waals surface area contributed by atoms with Crippen LogP contribution in [0.4, 0.5) is 0 Å². The fourth-order valence-electron chi connectivity index (χ4n) is 1.29. The molecule has 1 aromatic carbocycles. The van der Waals surface area contributed by atoms with Gasteiger partial charge < -0.3 is 0 Å². The van der Waals surface area contributed by atoms with Gasteiger partial charge in [0.1, 0.15) is 0 Å². The molecule has 0 N–H and O–H groups in total. The van der Waals surface area contributed by atoms with E-state index in [1.807, 2.05) is 19.9 Å². The van der Waals surface area contributed by atoms with Crippen LogP contribution in [-0.2, 0) is 14.3 Å². The molecule has 0 aliphatic heterocycles. The van der Waals surface area contributed by atoms with E-state index in [2.05, 4.69) is 4.18 Å². The minimum Gasteiger partial charge on any atom is -0.270 e. The molecule has 0 amide bonds. The third kappa shape index (κ3) is 1.96. The van der Waals surface area contributed by atoms with Gasteiger partial charge in [0.2, 0.25) is 0 Å². The Morgan fingerprint density at radius 3 is 2.00 bits per heavy atom. The summed E-state index contributed by atoms with van der Waals surface area (Å²) >= 11 is 0. The zero-order chi connectivity index (χ0) is 10.9. The van der Waals surface area contributed by atoms with Crippen molar-refractivity contribution in [1.82, 2.24) is 0 Å². The standard InChI is InChI=1S/C10H14O3S/c1-7-5-9(3)10(6-8(7)2)14(11,12)13-4/h5-6H,1-4H3. The third-order valence-corrected chi connectivity index (χ3v) is 3.70. The van der Waals surface area contributed by atoms with E-state index in [4.69, 9.17) is 0 Å². The van der Waals surface area contributed by atoms with E-state index in [1.165, 1.54) is 7.11 Å². The average Bonchev–Trinajstić information content (AvgIpc) is 2.11. The van der Waals surface area contributed by atoms with Crippen molar-refractivity contribution in [1.29, 1.82) is 0 Å². The van der Waals surface area contributed by atoms with Crippen LogP contribution in [0.1, 0.15) is 16.7 Å². The number of hydrogen-bond acceptors (Lipinski definition) is 3. The van der Waals surface area contributed by atoms with Crippen molar-refractivity contribution < 1.29 is 12.6 Å². The highest BCUT2D eigenvalue weighted by atomic mass is 32.2. The predicted molar refractivity (Wildman–Crippen MR) is 54.8 cm³/mol. The largest absolute Gasteiger partial charge is 0.296 e. The van der Waals surface area contributed by atoms with Gasteiger partial charge in [0.15, 0.2) is 0 Å². The number of rotatable bonds is 2. The molecule has 0 saturated carbocycles. The Balaban J connectivity index is 3.45. The summed E-state index contributed by atoms with van der Waals surface area (Å²) in [5.41, 5.74) is 2.75. The summed E-state index contributed by atoms with van der Waals surface area (Å²) in [6, 6.07) is 3.49. The molecule has 0 unspecified atom stereocenters. The molecule has 0 aliphatic rings. The SMILES string of the molecule is COS(=O)(=O)c1cc(C)c(C)cc1C. The molecule has 0 bridgehead atoms. The summed E-state index contributed by atoms with van der Waals surface area (Å²) in [6.07, 6.45) is 0. The van der Waals surface area contributed by atoms with Crippen LogP contribution in [0.5, 0.6) is 0 Å². The van der Waals surface area contributed by atoms with Crippen LogP contribution >= 0.6 is 0 Å². The van der Waals surface area contributed by atoms with Crippen molar-refractivity contribution in [3.8, 4) is 0 Å². The highest BCUT2D eigenvalue weighted by molar-refractivity contribution is 7.86. The molecule has 3 nitrogen and oxygen atoms in total. The molecule has 0 fully saturated rings. The van der Waals surface area contributed by atoms with Crippen molar-refractivity contribution in [2.75, 3.05) is 7.11 Å². The van der Waals surface area contributed by atoms with Crippen molar-refractivity contribution in [2.45, 2.75) is 25.7 Å². The minimum atomic E-state index is -3.57. The van der Waals surface area contributed by atoms with Crippen molar-refractivity contribution in [3.05, 3.63) is 28.8 Å². The lowest BCUT2D eigenvalue weighted by atomic mass is 10.1. The highest BCUT2D eigenvalue weighted by Gasteiger charge is 2.16. The van der Waals surface area contributed by atoms with E-state index in [9.17, 15) is 8.42 Å². The average molecular weight is 214 g/mol. The lowest BCUT2D eigenvalue weighted by Gasteiger charge is -2.08. The molecule has 0 aliphatic carbocycles. The molecule has 1 aromatic rings. The second-order valence-corrected chi connectivity index (χ2v) is 5.00. The zero-order valence-corrected chi connectivity index (χ0v) is 9.60.